The maximum Gasteiger partial charge on any atom is 0.261 e. The van der Waals surface area contributed by atoms with Crippen LogP contribution in [0.25, 0.3) is 6.08 Å². The molecule has 0 aliphatic heterocycles. The molecule has 0 aliphatic rings. The lowest BCUT2D eigenvalue weighted by Crippen LogP contribution is -2.18. The maximum absolute atomic E-state index is 5.60. The molecular formula is C12H16O2Si. The zero-order chi connectivity index (χ0) is 11.1. The molecule has 0 spiro atoms. The van der Waals surface area contributed by atoms with Gasteiger partial charge in [0.1, 0.15) is 0 Å². The van der Waals surface area contributed by atoms with Crippen LogP contribution in [0.5, 0.6) is 0 Å². The van der Waals surface area contributed by atoms with Crippen LogP contribution in [0.3, 0.4) is 0 Å². The van der Waals surface area contributed by atoms with Gasteiger partial charge < -0.3 is 9.16 Å². The fourth-order valence-electron chi connectivity index (χ4n) is 1.17. The van der Waals surface area contributed by atoms with Gasteiger partial charge in [0.25, 0.3) is 9.76 Å². The predicted octanol–water partition coefficient (Wildman–Crippen LogP) is 2.46. The van der Waals surface area contributed by atoms with Crippen LogP contribution in [0.1, 0.15) is 18.1 Å². The average molecular weight is 220 g/mol. The van der Waals surface area contributed by atoms with Crippen molar-refractivity contribution in [1.29, 1.82) is 0 Å². The molecule has 0 amide bonds. The molecule has 0 aromatic heterocycles. The van der Waals surface area contributed by atoms with E-state index in [9.17, 15) is 0 Å². The lowest BCUT2D eigenvalue weighted by molar-refractivity contribution is 0.0937. The second kappa shape index (κ2) is 6.56. The van der Waals surface area contributed by atoms with Crippen LogP contribution >= 0.6 is 0 Å². The van der Waals surface area contributed by atoms with Crippen LogP contribution in [0.4, 0.5) is 0 Å². The zero-order valence-corrected chi connectivity index (χ0v) is 10.2. The van der Waals surface area contributed by atoms with Crippen LogP contribution in [0.2, 0.25) is 0 Å². The quantitative estimate of drug-likeness (QED) is 0.686. The minimum atomic E-state index is 0.161. The summed E-state index contributed by atoms with van der Waals surface area (Å²) in [7, 11) is 2.09. The largest absolute Gasteiger partial charge is 0.418 e. The molecule has 0 heterocycles. The van der Waals surface area contributed by atoms with E-state index >= 15 is 0 Å². The normalized spacial score (nSPS) is 12.4. The maximum atomic E-state index is 5.60. The molecule has 0 bridgehead atoms. The van der Waals surface area contributed by atoms with E-state index in [-0.39, 0.29) is 5.73 Å². The fourth-order valence-corrected chi connectivity index (χ4v) is 1.65. The average Bonchev–Trinajstić information content (AvgIpc) is 2.27. The predicted molar refractivity (Wildman–Crippen MR) is 63.5 cm³/mol. The molecule has 1 aromatic rings. The first-order valence-corrected chi connectivity index (χ1v) is 5.86. The molecular weight excluding hydrogens is 204 g/mol. The molecule has 0 fully saturated rings. The van der Waals surface area contributed by atoms with E-state index in [0.717, 1.165) is 5.56 Å². The standard InChI is InChI=1S/C12H16O2Si/c1-4-11-5-7-12(8-6-11)9-14-10(2)15-13-3/h4-8,10H,1,9H2,2-3H3. The Morgan fingerprint density at radius 1 is 1.40 bits per heavy atom. The van der Waals surface area contributed by atoms with Gasteiger partial charge in [0.15, 0.2) is 0 Å². The highest BCUT2D eigenvalue weighted by Gasteiger charge is 2.03. The molecule has 0 N–H and O–H groups in total. The van der Waals surface area contributed by atoms with Gasteiger partial charge in [0.05, 0.1) is 12.3 Å². The van der Waals surface area contributed by atoms with Gasteiger partial charge in [0.2, 0.25) is 0 Å². The van der Waals surface area contributed by atoms with Gasteiger partial charge in [-0.15, -0.1) is 0 Å². The Morgan fingerprint density at radius 3 is 2.60 bits per heavy atom. The summed E-state index contributed by atoms with van der Waals surface area (Å²) in [5.74, 6) is 0. The Bertz CT molecular complexity index is 295. The third-order valence-corrected chi connectivity index (χ3v) is 2.73. The second-order valence-electron chi connectivity index (χ2n) is 3.22. The number of hydrogen-bond acceptors (Lipinski definition) is 2. The molecule has 80 valence electrons. The van der Waals surface area contributed by atoms with Crippen LogP contribution < -0.4 is 0 Å². The van der Waals surface area contributed by atoms with E-state index in [4.69, 9.17) is 9.16 Å². The summed E-state index contributed by atoms with van der Waals surface area (Å²) in [6.45, 7) is 6.36. The first kappa shape index (κ1) is 12.2. The smallest absolute Gasteiger partial charge is 0.261 e. The van der Waals surface area contributed by atoms with E-state index in [1.165, 1.54) is 5.56 Å². The Hall–Kier alpha value is -0.903. The van der Waals surface area contributed by atoms with Crippen molar-refractivity contribution in [1.82, 2.24) is 0 Å². The number of benzene rings is 1. The first-order valence-electron chi connectivity index (χ1n) is 4.87. The fraction of sp³-hybridized carbons (Fsp3) is 0.333. The van der Waals surface area contributed by atoms with Crippen molar-refractivity contribution >= 4 is 15.8 Å². The summed E-state index contributed by atoms with van der Waals surface area (Å²) in [6, 6.07) is 8.18. The SMILES string of the molecule is C=Cc1ccc(COC(C)[Si]OC)cc1. The molecule has 1 rings (SSSR count). The highest BCUT2D eigenvalue weighted by atomic mass is 28.2. The molecule has 1 unspecified atom stereocenters. The Labute approximate surface area is 93.9 Å². The van der Waals surface area contributed by atoms with Gasteiger partial charge in [0, 0.05) is 7.11 Å². The molecule has 0 saturated heterocycles. The van der Waals surface area contributed by atoms with Crippen molar-refractivity contribution in [2.75, 3.05) is 7.11 Å². The van der Waals surface area contributed by atoms with Crippen molar-refractivity contribution in [3.05, 3.63) is 42.0 Å². The zero-order valence-electron chi connectivity index (χ0n) is 9.19. The van der Waals surface area contributed by atoms with Crippen LogP contribution in [-0.4, -0.2) is 22.6 Å². The molecule has 15 heavy (non-hydrogen) atoms. The summed E-state index contributed by atoms with van der Waals surface area (Å²) in [5, 5.41) is 0. The summed E-state index contributed by atoms with van der Waals surface area (Å²) < 4.78 is 10.6. The van der Waals surface area contributed by atoms with Crippen molar-refractivity contribution in [3.63, 3.8) is 0 Å². The second-order valence-corrected chi connectivity index (χ2v) is 4.68. The van der Waals surface area contributed by atoms with Crippen LogP contribution in [0, 0.1) is 0 Å². The number of hydrogen-bond donors (Lipinski definition) is 0. The van der Waals surface area contributed by atoms with Crippen molar-refractivity contribution in [3.8, 4) is 0 Å². The van der Waals surface area contributed by atoms with Gasteiger partial charge in [-0.25, -0.2) is 0 Å². The molecule has 2 radical (unpaired) electrons. The van der Waals surface area contributed by atoms with E-state index in [2.05, 4.69) is 18.7 Å². The molecule has 2 nitrogen and oxygen atoms in total. The highest BCUT2D eigenvalue weighted by Crippen LogP contribution is 2.07. The Balaban J connectivity index is 2.40. The summed E-state index contributed by atoms with van der Waals surface area (Å²) >= 11 is 0. The summed E-state index contributed by atoms with van der Waals surface area (Å²) in [6.07, 6.45) is 1.83. The van der Waals surface area contributed by atoms with E-state index in [1.807, 2.05) is 25.1 Å². The first-order chi connectivity index (χ1) is 7.26. The van der Waals surface area contributed by atoms with Gasteiger partial charge in [-0.3, -0.25) is 0 Å². The molecule has 1 atom stereocenters. The monoisotopic (exact) mass is 220 g/mol. The lowest BCUT2D eigenvalue weighted by atomic mass is 10.1. The van der Waals surface area contributed by atoms with Crippen molar-refractivity contribution in [2.45, 2.75) is 19.3 Å². The van der Waals surface area contributed by atoms with Gasteiger partial charge in [-0.1, -0.05) is 36.9 Å². The molecule has 1 aromatic carbocycles. The number of ether oxygens (including phenoxy) is 1. The van der Waals surface area contributed by atoms with Gasteiger partial charge in [-0.05, 0) is 18.1 Å². The van der Waals surface area contributed by atoms with E-state index in [0.29, 0.717) is 16.4 Å². The Morgan fingerprint density at radius 2 is 2.07 bits per heavy atom. The number of rotatable bonds is 6. The van der Waals surface area contributed by atoms with Crippen molar-refractivity contribution in [2.24, 2.45) is 0 Å². The lowest BCUT2D eigenvalue weighted by Gasteiger charge is -2.10. The molecule has 3 heteroatoms. The highest BCUT2D eigenvalue weighted by molar-refractivity contribution is 6.28. The van der Waals surface area contributed by atoms with E-state index in [1.54, 1.807) is 7.11 Å². The summed E-state index contributed by atoms with van der Waals surface area (Å²) in [4.78, 5) is 0. The van der Waals surface area contributed by atoms with E-state index < -0.39 is 0 Å². The minimum Gasteiger partial charge on any atom is -0.418 e. The molecule has 0 aliphatic carbocycles. The van der Waals surface area contributed by atoms with Gasteiger partial charge in [-0.2, -0.15) is 0 Å². The summed E-state index contributed by atoms with van der Waals surface area (Å²) in [5.41, 5.74) is 2.47. The van der Waals surface area contributed by atoms with Crippen LogP contribution in [0.15, 0.2) is 30.8 Å². The van der Waals surface area contributed by atoms with Crippen molar-refractivity contribution < 1.29 is 9.16 Å². The molecule has 0 saturated carbocycles. The van der Waals surface area contributed by atoms with Gasteiger partial charge >= 0.3 is 0 Å². The Kier molecular flexibility index (Phi) is 5.32. The third kappa shape index (κ3) is 4.42. The topological polar surface area (TPSA) is 18.5 Å². The van der Waals surface area contributed by atoms with Crippen LogP contribution in [-0.2, 0) is 15.8 Å². The third-order valence-electron chi connectivity index (χ3n) is 2.00. The minimum absolute atomic E-state index is 0.161.